The van der Waals surface area contributed by atoms with Crippen molar-refractivity contribution in [3.05, 3.63) is 22.4 Å². The largest absolute Gasteiger partial charge is 0.370 e. The Bertz CT molecular complexity index is 639. The zero-order chi connectivity index (χ0) is 17.2. The van der Waals surface area contributed by atoms with Gasteiger partial charge in [0.15, 0.2) is 0 Å². The first kappa shape index (κ1) is 17.2. The number of aromatic nitrogens is 1. The van der Waals surface area contributed by atoms with Gasteiger partial charge in [-0.1, -0.05) is 13.3 Å². The average molecular weight is 327 g/mol. The van der Waals surface area contributed by atoms with Gasteiger partial charge in [0.2, 0.25) is 0 Å². The van der Waals surface area contributed by atoms with Crippen LogP contribution in [0.2, 0.25) is 0 Å². The molecule has 130 valence electrons. The predicted octanol–water partition coefficient (Wildman–Crippen LogP) is 4.14. The van der Waals surface area contributed by atoms with Crippen LogP contribution in [0.5, 0.6) is 0 Å². The number of ether oxygens (including phenoxy) is 1. The van der Waals surface area contributed by atoms with Crippen LogP contribution in [0.1, 0.15) is 75.3 Å². The van der Waals surface area contributed by atoms with Gasteiger partial charge < -0.3 is 9.64 Å². The van der Waals surface area contributed by atoms with Crippen molar-refractivity contribution in [3.8, 4) is 6.07 Å². The Morgan fingerprint density at radius 3 is 2.62 bits per heavy atom. The van der Waals surface area contributed by atoms with Gasteiger partial charge in [-0.2, -0.15) is 5.26 Å². The molecule has 0 radical (unpaired) electrons. The van der Waals surface area contributed by atoms with Crippen LogP contribution in [0.3, 0.4) is 0 Å². The molecule has 1 saturated heterocycles. The molecule has 1 fully saturated rings. The first-order valence-electron chi connectivity index (χ1n) is 9.39. The number of pyridine rings is 1. The highest BCUT2D eigenvalue weighted by molar-refractivity contribution is 5.62. The quantitative estimate of drug-likeness (QED) is 0.834. The molecule has 2 aliphatic rings. The van der Waals surface area contributed by atoms with Crippen LogP contribution in [-0.4, -0.2) is 23.7 Å². The number of rotatable bonds is 4. The lowest BCUT2D eigenvalue weighted by molar-refractivity contribution is -0.0407. The molecule has 0 spiro atoms. The number of nitrogens with zero attached hydrogens (tertiary/aromatic N) is 3. The fraction of sp³-hybridized carbons (Fsp3) is 0.700. The summed E-state index contributed by atoms with van der Waals surface area (Å²) in [5.74, 6) is 0.930. The van der Waals surface area contributed by atoms with E-state index in [4.69, 9.17) is 9.72 Å². The van der Waals surface area contributed by atoms with E-state index >= 15 is 0 Å². The average Bonchev–Trinajstić information content (AvgIpc) is 2.58. The van der Waals surface area contributed by atoms with Crippen molar-refractivity contribution in [1.82, 2.24) is 4.98 Å². The third-order valence-electron chi connectivity index (χ3n) is 5.22. The molecule has 1 aromatic rings. The second-order valence-corrected chi connectivity index (χ2v) is 7.70. The van der Waals surface area contributed by atoms with Crippen molar-refractivity contribution >= 4 is 5.82 Å². The normalized spacial score (nSPS) is 19.7. The van der Waals surface area contributed by atoms with Crippen LogP contribution in [0.4, 0.5) is 5.82 Å². The summed E-state index contributed by atoms with van der Waals surface area (Å²) in [6.45, 7) is 9.07. The van der Waals surface area contributed by atoms with E-state index in [1.807, 2.05) is 0 Å². The van der Waals surface area contributed by atoms with E-state index in [0.717, 1.165) is 55.8 Å². The molecule has 0 amide bonds. The third-order valence-corrected chi connectivity index (χ3v) is 5.22. The summed E-state index contributed by atoms with van der Waals surface area (Å²) in [6.07, 6.45) is 7.75. The molecule has 0 bridgehead atoms. The van der Waals surface area contributed by atoms with Gasteiger partial charge in [-0.05, 0) is 51.5 Å². The summed E-state index contributed by atoms with van der Waals surface area (Å²) >= 11 is 0. The van der Waals surface area contributed by atoms with E-state index < -0.39 is 0 Å². The number of unbranched alkanes of at least 4 members (excludes halogenated alkanes) is 1. The zero-order valence-corrected chi connectivity index (χ0v) is 15.3. The van der Waals surface area contributed by atoms with E-state index in [1.54, 1.807) is 0 Å². The van der Waals surface area contributed by atoms with Crippen LogP contribution >= 0.6 is 0 Å². The van der Waals surface area contributed by atoms with Crippen molar-refractivity contribution in [2.45, 2.75) is 77.9 Å². The Balaban J connectivity index is 2.09. The Morgan fingerprint density at radius 1 is 1.21 bits per heavy atom. The highest BCUT2D eigenvalue weighted by Crippen LogP contribution is 2.36. The molecule has 0 atom stereocenters. The highest BCUT2D eigenvalue weighted by Gasteiger charge is 2.32. The number of piperidine rings is 1. The summed E-state index contributed by atoms with van der Waals surface area (Å²) in [7, 11) is 0. The van der Waals surface area contributed by atoms with Crippen molar-refractivity contribution in [1.29, 1.82) is 5.26 Å². The molecule has 0 aliphatic carbocycles. The highest BCUT2D eigenvalue weighted by atomic mass is 16.5. The summed E-state index contributed by atoms with van der Waals surface area (Å²) in [5, 5.41) is 9.88. The van der Waals surface area contributed by atoms with Gasteiger partial charge in [0.25, 0.3) is 0 Å². The van der Waals surface area contributed by atoms with E-state index in [-0.39, 0.29) is 5.60 Å². The molecule has 24 heavy (non-hydrogen) atoms. The van der Waals surface area contributed by atoms with Crippen LogP contribution in [-0.2, 0) is 24.2 Å². The Hall–Kier alpha value is -1.60. The van der Waals surface area contributed by atoms with Crippen LogP contribution in [0.15, 0.2) is 0 Å². The van der Waals surface area contributed by atoms with Crippen molar-refractivity contribution in [2.75, 3.05) is 18.0 Å². The molecule has 3 heterocycles. The zero-order valence-electron chi connectivity index (χ0n) is 15.3. The number of hydrogen-bond acceptors (Lipinski definition) is 4. The summed E-state index contributed by atoms with van der Waals surface area (Å²) in [4.78, 5) is 7.32. The van der Waals surface area contributed by atoms with Crippen LogP contribution < -0.4 is 4.90 Å². The first-order valence-corrected chi connectivity index (χ1v) is 9.39. The van der Waals surface area contributed by atoms with Crippen LogP contribution in [0.25, 0.3) is 0 Å². The monoisotopic (exact) mass is 327 g/mol. The molecule has 3 rings (SSSR count). The smallest absolute Gasteiger partial charge is 0.147 e. The van der Waals surface area contributed by atoms with Gasteiger partial charge in [0, 0.05) is 30.8 Å². The second kappa shape index (κ2) is 7.11. The fourth-order valence-corrected chi connectivity index (χ4v) is 3.82. The summed E-state index contributed by atoms with van der Waals surface area (Å²) in [5.41, 5.74) is 4.11. The predicted molar refractivity (Wildman–Crippen MR) is 96.2 cm³/mol. The van der Waals surface area contributed by atoms with E-state index in [9.17, 15) is 5.26 Å². The maximum atomic E-state index is 9.88. The third kappa shape index (κ3) is 3.42. The molecule has 0 N–H and O–H groups in total. The Kier molecular flexibility index (Phi) is 5.10. The number of hydrogen-bond donors (Lipinski definition) is 0. The SMILES string of the molecule is CCCCc1nc(N2CCCCC2)c(C#N)c2c1COC(C)(C)C2. The molecule has 0 unspecified atom stereocenters. The Morgan fingerprint density at radius 2 is 1.96 bits per heavy atom. The molecule has 4 nitrogen and oxygen atoms in total. The van der Waals surface area contributed by atoms with Gasteiger partial charge in [0.1, 0.15) is 11.9 Å². The summed E-state index contributed by atoms with van der Waals surface area (Å²) < 4.78 is 6.03. The number of nitriles is 1. The number of anilines is 1. The van der Waals surface area contributed by atoms with Gasteiger partial charge >= 0.3 is 0 Å². The molecular weight excluding hydrogens is 298 g/mol. The lowest BCUT2D eigenvalue weighted by Gasteiger charge is -2.36. The standard InChI is InChI=1S/C20H29N3O/c1-4-5-9-18-17-14-24-20(2,3)12-15(17)16(13-21)19(22-18)23-10-7-6-8-11-23/h4-12,14H2,1-3H3. The lowest BCUT2D eigenvalue weighted by atomic mass is 9.87. The minimum Gasteiger partial charge on any atom is -0.370 e. The van der Waals surface area contributed by atoms with Crippen molar-refractivity contribution in [3.63, 3.8) is 0 Å². The summed E-state index contributed by atoms with van der Waals surface area (Å²) in [6, 6.07) is 2.48. The Labute approximate surface area is 145 Å². The van der Waals surface area contributed by atoms with E-state index in [1.165, 1.54) is 30.4 Å². The number of fused-ring (bicyclic) bond motifs is 1. The number of aryl methyl sites for hydroxylation is 1. The molecule has 0 aromatic carbocycles. The van der Waals surface area contributed by atoms with Gasteiger partial charge in [-0.3, -0.25) is 0 Å². The second-order valence-electron chi connectivity index (χ2n) is 7.70. The van der Waals surface area contributed by atoms with Crippen molar-refractivity contribution in [2.24, 2.45) is 0 Å². The van der Waals surface area contributed by atoms with Gasteiger partial charge in [-0.25, -0.2) is 4.98 Å². The van der Waals surface area contributed by atoms with E-state index in [0.29, 0.717) is 6.61 Å². The molecule has 1 aromatic heterocycles. The van der Waals surface area contributed by atoms with E-state index in [2.05, 4.69) is 31.7 Å². The minimum absolute atomic E-state index is 0.207. The van der Waals surface area contributed by atoms with Crippen LogP contribution in [0, 0.1) is 11.3 Å². The molecule has 2 aliphatic heterocycles. The van der Waals surface area contributed by atoms with Gasteiger partial charge in [-0.15, -0.1) is 0 Å². The topological polar surface area (TPSA) is 49.2 Å². The first-order chi connectivity index (χ1) is 11.6. The fourth-order valence-electron chi connectivity index (χ4n) is 3.82. The van der Waals surface area contributed by atoms with Crippen molar-refractivity contribution < 1.29 is 4.74 Å². The molecular formula is C20H29N3O. The maximum Gasteiger partial charge on any atom is 0.147 e. The lowest BCUT2D eigenvalue weighted by Crippen LogP contribution is -2.36. The maximum absolute atomic E-state index is 9.88. The molecule has 0 saturated carbocycles. The molecule has 4 heteroatoms. The van der Waals surface area contributed by atoms with Gasteiger partial charge in [0.05, 0.1) is 17.8 Å². The minimum atomic E-state index is -0.207.